The Labute approximate surface area is 224 Å². The number of amides is 1. The molecule has 0 unspecified atom stereocenters. The van der Waals surface area contributed by atoms with E-state index in [9.17, 15) is 18.3 Å². The highest BCUT2D eigenvalue weighted by Crippen LogP contribution is 2.33. The second kappa shape index (κ2) is 12.4. The summed E-state index contributed by atoms with van der Waals surface area (Å²) in [5.74, 6) is -0.0231. The zero-order chi connectivity index (χ0) is 27.3. The van der Waals surface area contributed by atoms with Crippen LogP contribution in [0.15, 0.2) is 59.5 Å². The maximum atomic E-state index is 13.5. The molecule has 2 saturated heterocycles. The first-order valence-electron chi connectivity index (χ1n) is 12.9. The van der Waals surface area contributed by atoms with E-state index in [0.29, 0.717) is 12.3 Å². The number of nitrogens with two attached hydrogens (primary N) is 1. The van der Waals surface area contributed by atoms with Crippen molar-refractivity contribution in [2.45, 2.75) is 56.1 Å². The Bertz CT molecular complexity index is 1160. The summed E-state index contributed by atoms with van der Waals surface area (Å²) in [6.07, 6.45) is -1.69. The average molecular weight is 548 g/mol. The lowest BCUT2D eigenvalue weighted by Gasteiger charge is -2.31. The molecular weight excluding hydrogens is 510 g/mol. The van der Waals surface area contributed by atoms with Gasteiger partial charge in [0, 0.05) is 18.8 Å². The number of benzene rings is 2. The molecule has 0 spiro atoms. The number of fused-ring (bicyclic) bond motifs is 1. The number of ether oxygens (including phenoxy) is 3. The standard InChI is InChI=1S/C27H37N3O7S/c1-18(2)15-30(38(33,34)21-10-8-20(28)9-11-21)16-24(31)23(14-19-6-4-3-5-7-19)29-27(32)37-25-17-36-26-22(25)12-13-35-26/h3-11,18,22-26,31H,12-17,28H2,1-2H3,(H,29,32)/t22-,23-,24-,25-,26+/m1/s1. The van der Waals surface area contributed by atoms with Gasteiger partial charge >= 0.3 is 6.09 Å². The third kappa shape index (κ3) is 7.03. The van der Waals surface area contributed by atoms with Crippen LogP contribution in [0.4, 0.5) is 10.5 Å². The zero-order valence-corrected chi connectivity index (χ0v) is 22.5. The molecule has 0 aromatic heterocycles. The Balaban J connectivity index is 1.51. The Hall–Kier alpha value is -2.70. The summed E-state index contributed by atoms with van der Waals surface area (Å²) >= 11 is 0. The number of carbonyl (C=O) groups excluding carboxylic acids is 1. The van der Waals surface area contributed by atoms with Crippen molar-refractivity contribution in [3.8, 4) is 0 Å². The van der Waals surface area contributed by atoms with Crippen LogP contribution in [0, 0.1) is 11.8 Å². The van der Waals surface area contributed by atoms with Crippen molar-refractivity contribution < 1.29 is 32.5 Å². The predicted molar refractivity (Wildman–Crippen MR) is 142 cm³/mol. The van der Waals surface area contributed by atoms with E-state index in [2.05, 4.69) is 5.32 Å². The van der Waals surface area contributed by atoms with Gasteiger partial charge in [-0.25, -0.2) is 13.2 Å². The zero-order valence-electron chi connectivity index (χ0n) is 21.7. The Morgan fingerprint density at radius 2 is 1.84 bits per heavy atom. The number of anilines is 1. The van der Waals surface area contributed by atoms with Gasteiger partial charge in [0.25, 0.3) is 0 Å². The normalized spacial score (nSPS) is 22.8. The molecule has 2 aliphatic rings. The molecule has 0 saturated carbocycles. The number of rotatable bonds is 11. The third-order valence-corrected chi connectivity index (χ3v) is 8.63. The van der Waals surface area contributed by atoms with Crippen LogP contribution in [-0.4, -0.2) is 74.8 Å². The Kier molecular flexibility index (Phi) is 9.27. The van der Waals surface area contributed by atoms with Gasteiger partial charge in [-0.3, -0.25) is 0 Å². The first-order valence-corrected chi connectivity index (χ1v) is 14.4. The maximum Gasteiger partial charge on any atom is 0.407 e. The van der Waals surface area contributed by atoms with Crippen molar-refractivity contribution >= 4 is 21.8 Å². The number of hydrogen-bond acceptors (Lipinski definition) is 8. The fourth-order valence-corrected chi connectivity index (χ4v) is 6.45. The molecular formula is C27H37N3O7S. The van der Waals surface area contributed by atoms with Gasteiger partial charge in [0.1, 0.15) is 6.10 Å². The number of sulfonamides is 1. The lowest BCUT2D eigenvalue weighted by Crippen LogP contribution is -2.51. The smallest absolute Gasteiger partial charge is 0.407 e. The van der Waals surface area contributed by atoms with E-state index in [1.807, 2.05) is 44.2 Å². The van der Waals surface area contributed by atoms with Gasteiger partial charge in [-0.15, -0.1) is 0 Å². The highest BCUT2D eigenvalue weighted by molar-refractivity contribution is 7.89. The quantitative estimate of drug-likeness (QED) is 0.364. The van der Waals surface area contributed by atoms with Gasteiger partial charge in [0.2, 0.25) is 10.0 Å². The highest BCUT2D eigenvalue weighted by Gasteiger charge is 2.44. The molecule has 2 aliphatic heterocycles. The lowest BCUT2D eigenvalue weighted by molar-refractivity contribution is -0.0907. The number of nitrogens with one attached hydrogen (secondary N) is 1. The molecule has 10 nitrogen and oxygen atoms in total. The van der Waals surface area contributed by atoms with Crippen molar-refractivity contribution in [3.05, 3.63) is 60.2 Å². The number of aliphatic hydroxyl groups excluding tert-OH is 1. The summed E-state index contributed by atoms with van der Waals surface area (Å²) in [5.41, 5.74) is 7.07. The number of hydrogen-bond donors (Lipinski definition) is 3. The van der Waals surface area contributed by atoms with Crippen LogP contribution in [0.2, 0.25) is 0 Å². The second-order valence-corrected chi connectivity index (χ2v) is 12.2. The van der Waals surface area contributed by atoms with Crippen molar-refractivity contribution in [1.29, 1.82) is 0 Å². The third-order valence-electron chi connectivity index (χ3n) is 6.79. The molecule has 208 valence electrons. The van der Waals surface area contributed by atoms with Gasteiger partial charge in [-0.2, -0.15) is 4.31 Å². The molecule has 11 heteroatoms. The highest BCUT2D eigenvalue weighted by atomic mass is 32.2. The number of aliphatic hydroxyl groups is 1. The summed E-state index contributed by atoms with van der Waals surface area (Å²) in [6, 6.07) is 14.5. The summed E-state index contributed by atoms with van der Waals surface area (Å²) < 4.78 is 44.9. The fraction of sp³-hybridized carbons (Fsp3) is 0.519. The van der Waals surface area contributed by atoms with Gasteiger partial charge in [0.05, 0.1) is 36.2 Å². The van der Waals surface area contributed by atoms with Gasteiger partial charge < -0.3 is 30.4 Å². The molecule has 2 heterocycles. The molecule has 0 aliphatic carbocycles. The van der Waals surface area contributed by atoms with E-state index in [1.54, 1.807) is 0 Å². The molecule has 0 radical (unpaired) electrons. The predicted octanol–water partition coefficient (Wildman–Crippen LogP) is 2.38. The molecule has 4 N–H and O–H groups in total. The first-order chi connectivity index (χ1) is 18.1. The Morgan fingerprint density at radius 1 is 1.13 bits per heavy atom. The average Bonchev–Trinajstić information content (AvgIpc) is 3.49. The molecule has 2 fully saturated rings. The van der Waals surface area contributed by atoms with Crippen LogP contribution in [0.5, 0.6) is 0 Å². The van der Waals surface area contributed by atoms with E-state index in [4.69, 9.17) is 19.9 Å². The van der Waals surface area contributed by atoms with Crippen LogP contribution in [0.25, 0.3) is 0 Å². The van der Waals surface area contributed by atoms with E-state index < -0.39 is 34.4 Å². The fourth-order valence-electron chi connectivity index (χ4n) is 4.82. The van der Waals surface area contributed by atoms with Crippen molar-refractivity contribution in [3.63, 3.8) is 0 Å². The largest absolute Gasteiger partial charge is 0.443 e. The lowest BCUT2D eigenvalue weighted by atomic mass is 10.0. The van der Waals surface area contributed by atoms with Crippen molar-refractivity contribution in [2.24, 2.45) is 11.8 Å². The van der Waals surface area contributed by atoms with Gasteiger partial charge in [0.15, 0.2) is 6.29 Å². The molecule has 0 bridgehead atoms. The summed E-state index contributed by atoms with van der Waals surface area (Å²) in [7, 11) is -3.93. The molecule has 4 rings (SSSR count). The molecule has 1 amide bonds. The van der Waals surface area contributed by atoms with Gasteiger partial charge in [-0.05, 0) is 48.6 Å². The van der Waals surface area contributed by atoms with Gasteiger partial charge in [-0.1, -0.05) is 44.2 Å². The van der Waals surface area contributed by atoms with E-state index in [-0.39, 0.29) is 49.1 Å². The van der Waals surface area contributed by atoms with E-state index in [1.165, 1.54) is 28.6 Å². The molecule has 5 atom stereocenters. The topological polar surface area (TPSA) is 140 Å². The van der Waals surface area contributed by atoms with Crippen LogP contribution in [0.1, 0.15) is 25.8 Å². The van der Waals surface area contributed by atoms with Crippen molar-refractivity contribution in [2.75, 3.05) is 32.0 Å². The molecule has 38 heavy (non-hydrogen) atoms. The van der Waals surface area contributed by atoms with Crippen LogP contribution >= 0.6 is 0 Å². The van der Waals surface area contributed by atoms with E-state index in [0.717, 1.165) is 12.0 Å². The van der Waals surface area contributed by atoms with E-state index >= 15 is 0 Å². The summed E-state index contributed by atoms with van der Waals surface area (Å²) in [5, 5.41) is 14.1. The number of carbonyl (C=O) groups is 1. The molecule has 2 aromatic carbocycles. The summed E-state index contributed by atoms with van der Waals surface area (Å²) in [4.78, 5) is 13.0. The SMILES string of the molecule is CC(C)CN(C[C@@H](O)[C@@H](Cc1ccccc1)NC(=O)O[C@@H]1CO[C@@H]2OCC[C@@H]21)S(=O)(=O)c1ccc(N)cc1. The van der Waals surface area contributed by atoms with Crippen LogP contribution in [-0.2, 0) is 30.7 Å². The minimum atomic E-state index is -3.93. The van der Waals surface area contributed by atoms with Crippen molar-refractivity contribution in [1.82, 2.24) is 9.62 Å². The molecule has 2 aromatic rings. The first kappa shape index (κ1) is 28.3. The van der Waals surface area contributed by atoms with Crippen LogP contribution < -0.4 is 11.1 Å². The minimum Gasteiger partial charge on any atom is -0.443 e. The monoisotopic (exact) mass is 547 g/mol. The second-order valence-electron chi connectivity index (χ2n) is 10.3. The van der Waals surface area contributed by atoms with Crippen LogP contribution in [0.3, 0.4) is 0 Å². The maximum absolute atomic E-state index is 13.5. The number of alkyl carbamates (subject to hydrolysis) is 1. The Morgan fingerprint density at radius 3 is 2.53 bits per heavy atom. The summed E-state index contributed by atoms with van der Waals surface area (Å²) in [6.45, 7) is 4.58. The minimum absolute atomic E-state index is 0.000183. The number of nitrogen functional groups attached to an aromatic ring is 1. The number of nitrogens with zero attached hydrogens (tertiary/aromatic N) is 1.